The molecule has 0 heterocycles. The maximum absolute atomic E-state index is 6.26. The van der Waals surface area contributed by atoms with E-state index in [4.69, 9.17) is 5.73 Å². The first kappa shape index (κ1) is 11.0. The Hall–Kier alpha value is -1.50. The largest absolute Gasteiger partial charge is 0.398 e. The molecule has 2 rings (SSSR count). The van der Waals surface area contributed by atoms with E-state index in [1.165, 1.54) is 11.1 Å². The molecule has 0 fully saturated rings. The minimum Gasteiger partial charge on any atom is -0.398 e. The van der Waals surface area contributed by atoms with Gasteiger partial charge in [0.15, 0.2) is 0 Å². The number of nitrogen functional groups attached to an aromatic ring is 1. The second-order valence-corrected chi connectivity index (χ2v) is 4.66. The Morgan fingerprint density at radius 2 is 2.06 bits per heavy atom. The van der Waals surface area contributed by atoms with Crippen molar-refractivity contribution in [3.8, 4) is 0 Å². The first-order valence-corrected chi connectivity index (χ1v) is 5.91. The molecule has 0 bridgehead atoms. The van der Waals surface area contributed by atoms with Crippen LogP contribution in [-0.2, 0) is 0 Å². The van der Waals surface area contributed by atoms with Crippen LogP contribution >= 0.6 is 0 Å². The molecular formula is C15H19N. The van der Waals surface area contributed by atoms with Crippen LogP contribution < -0.4 is 5.73 Å². The van der Waals surface area contributed by atoms with Crippen molar-refractivity contribution in [3.63, 3.8) is 0 Å². The highest BCUT2D eigenvalue weighted by Crippen LogP contribution is 2.33. The molecule has 84 valence electrons. The molecule has 1 nitrogen and oxygen atoms in total. The number of rotatable bonds is 2. The number of benzene rings is 1. The molecule has 0 radical (unpaired) electrons. The standard InChI is InChI=1S/C15H19N/c1-11(2)13-9-6-10-14(15(13)16)12-7-4-3-5-8-12/h3-7,9-12H,8,16H2,1-2H3. The Morgan fingerprint density at radius 1 is 1.25 bits per heavy atom. The Morgan fingerprint density at radius 3 is 2.69 bits per heavy atom. The molecule has 16 heavy (non-hydrogen) atoms. The minimum atomic E-state index is 0.448. The average molecular weight is 213 g/mol. The predicted molar refractivity (Wildman–Crippen MR) is 70.6 cm³/mol. The summed E-state index contributed by atoms with van der Waals surface area (Å²) < 4.78 is 0. The minimum absolute atomic E-state index is 0.448. The molecule has 1 unspecified atom stereocenters. The molecule has 0 saturated heterocycles. The molecule has 1 heteroatoms. The van der Waals surface area contributed by atoms with Gasteiger partial charge in [-0.05, 0) is 23.5 Å². The Bertz CT molecular complexity index is 427. The third kappa shape index (κ3) is 2.04. The third-order valence-electron chi connectivity index (χ3n) is 3.18. The molecule has 0 spiro atoms. The van der Waals surface area contributed by atoms with Crippen molar-refractivity contribution in [2.45, 2.75) is 32.1 Å². The van der Waals surface area contributed by atoms with Crippen LogP contribution in [0.2, 0.25) is 0 Å². The van der Waals surface area contributed by atoms with Gasteiger partial charge in [-0.25, -0.2) is 0 Å². The summed E-state index contributed by atoms with van der Waals surface area (Å²) in [6, 6.07) is 6.40. The van der Waals surface area contributed by atoms with E-state index in [2.05, 4.69) is 56.4 Å². The molecule has 0 aliphatic heterocycles. The number of para-hydroxylation sites is 1. The highest BCUT2D eigenvalue weighted by atomic mass is 14.6. The molecule has 0 aromatic heterocycles. The van der Waals surface area contributed by atoms with Crippen LogP contribution in [0.4, 0.5) is 5.69 Å². The van der Waals surface area contributed by atoms with Crippen molar-refractivity contribution in [1.29, 1.82) is 0 Å². The average Bonchev–Trinajstić information content (AvgIpc) is 2.30. The molecular weight excluding hydrogens is 194 g/mol. The molecule has 2 N–H and O–H groups in total. The molecule has 1 aliphatic rings. The monoisotopic (exact) mass is 213 g/mol. The van der Waals surface area contributed by atoms with E-state index in [1.54, 1.807) is 0 Å². The van der Waals surface area contributed by atoms with Gasteiger partial charge in [0.2, 0.25) is 0 Å². The van der Waals surface area contributed by atoms with Gasteiger partial charge in [0.1, 0.15) is 0 Å². The van der Waals surface area contributed by atoms with E-state index in [9.17, 15) is 0 Å². The normalized spacial score (nSPS) is 19.3. The molecule has 1 aromatic rings. The van der Waals surface area contributed by atoms with Gasteiger partial charge in [0, 0.05) is 11.6 Å². The van der Waals surface area contributed by atoms with Crippen LogP contribution in [0.25, 0.3) is 0 Å². The fraction of sp³-hybridized carbons (Fsp3) is 0.333. The lowest BCUT2D eigenvalue weighted by atomic mass is 9.88. The molecule has 0 amide bonds. The van der Waals surface area contributed by atoms with Gasteiger partial charge in [0.25, 0.3) is 0 Å². The summed E-state index contributed by atoms with van der Waals surface area (Å²) in [4.78, 5) is 0. The number of anilines is 1. The first-order valence-electron chi connectivity index (χ1n) is 5.91. The second kappa shape index (κ2) is 4.56. The topological polar surface area (TPSA) is 26.0 Å². The van der Waals surface area contributed by atoms with Gasteiger partial charge < -0.3 is 5.73 Å². The zero-order valence-electron chi connectivity index (χ0n) is 9.98. The van der Waals surface area contributed by atoms with E-state index in [1.807, 2.05) is 0 Å². The Labute approximate surface area is 97.7 Å². The van der Waals surface area contributed by atoms with Crippen LogP contribution in [0.3, 0.4) is 0 Å². The third-order valence-corrected chi connectivity index (χ3v) is 3.18. The van der Waals surface area contributed by atoms with Crippen molar-refractivity contribution in [1.82, 2.24) is 0 Å². The quantitative estimate of drug-likeness (QED) is 0.738. The van der Waals surface area contributed by atoms with Crippen LogP contribution in [0.1, 0.15) is 43.2 Å². The summed E-state index contributed by atoms with van der Waals surface area (Å²) >= 11 is 0. The SMILES string of the molecule is CC(C)c1cccc(C2C=CC=CC2)c1N. The predicted octanol–water partition coefficient (Wildman–Crippen LogP) is 3.99. The van der Waals surface area contributed by atoms with Crippen molar-refractivity contribution in [3.05, 3.63) is 53.6 Å². The lowest BCUT2D eigenvalue weighted by molar-refractivity contribution is 0.834. The molecule has 1 aliphatic carbocycles. The second-order valence-electron chi connectivity index (χ2n) is 4.66. The highest BCUT2D eigenvalue weighted by Gasteiger charge is 2.14. The van der Waals surface area contributed by atoms with Crippen molar-refractivity contribution < 1.29 is 0 Å². The van der Waals surface area contributed by atoms with Crippen molar-refractivity contribution in [2.75, 3.05) is 5.73 Å². The van der Waals surface area contributed by atoms with Gasteiger partial charge in [-0.3, -0.25) is 0 Å². The van der Waals surface area contributed by atoms with Gasteiger partial charge in [-0.2, -0.15) is 0 Å². The fourth-order valence-corrected chi connectivity index (χ4v) is 2.24. The summed E-state index contributed by atoms with van der Waals surface area (Å²) in [5.41, 5.74) is 9.77. The summed E-state index contributed by atoms with van der Waals surface area (Å²) in [7, 11) is 0. The molecule has 1 aromatic carbocycles. The smallest absolute Gasteiger partial charge is 0.0387 e. The van der Waals surface area contributed by atoms with E-state index in [0.29, 0.717) is 11.8 Å². The van der Waals surface area contributed by atoms with Crippen molar-refractivity contribution in [2.24, 2.45) is 0 Å². The maximum Gasteiger partial charge on any atom is 0.0387 e. The Balaban J connectivity index is 2.38. The summed E-state index contributed by atoms with van der Waals surface area (Å²) in [6.07, 6.45) is 9.69. The van der Waals surface area contributed by atoms with Crippen LogP contribution in [0, 0.1) is 0 Å². The number of nitrogens with two attached hydrogens (primary N) is 1. The summed E-state index contributed by atoms with van der Waals surface area (Å²) in [5.74, 6) is 0.937. The van der Waals surface area contributed by atoms with E-state index in [-0.39, 0.29) is 0 Å². The first-order chi connectivity index (χ1) is 7.70. The fourth-order valence-electron chi connectivity index (χ4n) is 2.24. The van der Waals surface area contributed by atoms with E-state index in [0.717, 1.165) is 12.1 Å². The van der Waals surface area contributed by atoms with E-state index < -0.39 is 0 Å². The van der Waals surface area contributed by atoms with Crippen molar-refractivity contribution >= 4 is 5.69 Å². The number of hydrogen-bond donors (Lipinski definition) is 1. The van der Waals surface area contributed by atoms with Crippen LogP contribution in [0.15, 0.2) is 42.5 Å². The van der Waals surface area contributed by atoms with E-state index >= 15 is 0 Å². The number of hydrogen-bond acceptors (Lipinski definition) is 1. The van der Waals surface area contributed by atoms with Gasteiger partial charge in [-0.15, -0.1) is 0 Å². The van der Waals surface area contributed by atoms with Crippen LogP contribution in [0.5, 0.6) is 0 Å². The van der Waals surface area contributed by atoms with Gasteiger partial charge in [-0.1, -0.05) is 56.4 Å². The number of allylic oxidation sites excluding steroid dienone is 4. The maximum atomic E-state index is 6.26. The lowest BCUT2D eigenvalue weighted by Gasteiger charge is -2.19. The summed E-state index contributed by atoms with van der Waals surface area (Å²) in [5, 5.41) is 0. The van der Waals surface area contributed by atoms with Gasteiger partial charge in [0.05, 0.1) is 0 Å². The Kier molecular flexibility index (Phi) is 3.14. The zero-order chi connectivity index (χ0) is 11.5. The van der Waals surface area contributed by atoms with Gasteiger partial charge >= 0.3 is 0 Å². The van der Waals surface area contributed by atoms with Crippen LogP contribution in [-0.4, -0.2) is 0 Å². The molecule has 1 atom stereocenters. The lowest BCUT2D eigenvalue weighted by Crippen LogP contribution is -2.05. The summed E-state index contributed by atoms with van der Waals surface area (Å²) in [6.45, 7) is 4.37. The molecule has 0 saturated carbocycles. The highest BCUT2D eigenvalue weighted by molar-refractivity contribution is 5.57. The zero-order valence-corrected chi connectivity index (χ0v) is 9.98.